The largest absolute Gasteiger partial charge is 0.330 e. The van der Waals surface area contributed by atoms with Crippen molar-refractivity contribution < 1.29 is 4.79 Å². The fourth-order valence-corrected chi connectivity index (χ4v) is 4.25. The van der Waals surface area contributed by atoms with Gasteiger partial charge >= 0.3 is 0 Å². The van der Waals surface area contributed by atoms with Crippen molar-refractivity contribution in [2.75, 3.05) is 0 Å². The number of fused-ring (bicyclic) bond motifs is 1. The summed E-state index contributed by atoms with van der Waals surface area (Å²) in [6.45, 7) is 3.07. The number of hydrogen-bond donors (Lipinski definition) is 0. The van der Waals surface area contributed by atoms with E-state index in [2.05, 4.69) is 22.5 Å². The highest BCUT2D eigenvalue weighted by Crippen LogP contribution is 2.65. The monoisotopic (exact) mass is 293 g/mol. The van der Waals surface area contributed by atoms with E-state index in [4.69, 9.17) is 5.26 Å². The summed E-state index contributed by atoms with van der Waals surface area (Å²) in [4.78, 5) is 16.5. The van der Waals surface area contributed by atoms with Crippen LogP contribution in [0.25, 0.3) is 11.0 Å². The second-order valence-corrected chi connectivity index (χ2v) is 7.24. The Morgan fingerprint density at radius 2 is 2.18 bits per heavy atom. The van der Waals surface area contributed by atoms with Crippen LogP contribution in [0.4, 0.5) is 0 Å². The van der Waals surface area contributed by atoms with Gasteiger partial charge in [-0.15, -0.1) is 0 Å². The molecule has 2 saturated carbocycles. The molecule has 2 aliphatic rings. The molecule has 22 heavy (non-hydrogen) atoms. The van der Waals surface area contributed by atoms with E-state index in [1.807, 2.05) is 18.5 Å². The third-order valence-electron chi connectivity index (χ3n) is 5.87. The molecule has 1 atom stereocenters. The van der Waals surface area contributed by atoms with Crippen molar-refractivity contribution in [1.29, 1.82) is 5.26 Å². The Balaban J connectivity index is 1.73. The Morgan fingerprint density at radius 1 is 1.36 bits per heavy atom. The van der Waals surface area contributed by atoms with E-state index in [0.717, 1.165) is 30.4 Å². The van der Waals surface area contributed by atoms with Gasteiger partial charge in [-0.05, 0) is 48.3 Å². The minimum Gasteiger partial charge on any atom is -0.330 e. The molecule has 0 radical (unpaired) electrons. The number of carbonyl (C=O) groups excluding carboxylic acids is 1. The van der Waals surface area contributed by atoms with Crippen molar-refractivity contribution in [3.8, 4) is 6.07 Å². The van der Waals surface area contributed by atoms with Gasteiger partial charge < -0.3 is 4.57 Å². The van der Waals surface area contributed by atoms with E-state index in [-0.39, 0.29) is 5.41 Å². The number of ketones is 1. The molecule has 2 fully saturated rings. The first-order valence-corrected chi connectivity index (χ1v) is 7.92. The quantitative estimate of drug-likeness (QED) is 0.852. The average Bonchev–Trinajstić information content (AvgIpc) is 3.21. The Labute approximate surface area is 129 Å². The first-order valence-electron chi connectivity index (χ1n) is 7.92. The fraction of sp³-hybridized carbons (Fsp3) is 0.500. The SMILES string of the molecule is CC1(Cn2cnc3ccc(C#N)cc32)CC(=O)CCC12CC2. The van der Waals surface area contributed by atoms with Crippen LogP contribution in [0.3, 0.4) is 0 Å². The van der Waals surface area contributed by atoms with Crippen LogP contribution >= 0.6 is 0 Å². The van der Waals surface area contributed by atoms with Crippen molar-refractivity contribution in [2.24, 2.45) is 10.8 Å². The molecule has 1 unspecified atom stereocenters. The highest BCUT2D eigenvalue weighted by molar-refractivity contribution is 5.81. The summed E-state index contributed by atoms with van der Waals surface area (Å²) in [5.74, 6) is 0.391. The van der Waals surface area contributed by atoms with Gasteiger partial charge in [0, 0.05) is 19.4 Å². The van der Waals surface area contributed by atoms with E-state index >= 15 is 0 Å². The first-order chi connectivity index (χ1) is 10.6. The van der Waals surface area contributed by atoms with E-state index in [9.17, 15) is 4.79 Å². The molecule has 4 rings (SSSR count). The lowest BCUT2D eigenvalue weighted by atomic mass is 9.64. The highest BCUT2D eigenvalue weighted by Gasteiger charge is 2.58. The summed E-state index contributed by atoms with van der Waals surface area (Å²) in [5.41, 5.74) is 2.92. The maximum atomic E-state index is 12.0. The predicted molar refractivity (Wildman–Crippen MR) is 83.1 cm³/mol. The van der Waals surface area contributed by atoms with Gasteiger partial charge in [-0.1, -0.05) is 6.92 Å². The number of aromatic nitrogens is 2. The lowest BCUT2D eigenvalue weighted by Gasteiger charge is -2.42. The molecule has 2 aliphatic carbocycles. The van der Waals surface area contributed by atoms with Gasteiger partial charge in [0.05, 0.1) is 29.0 Å². The van der Waals surface area contributed by atoms with E-state index in [1.54, 1.807) is 6.07 Å². The minimum absolute atomic E-state index is 0.0125. The molecule has 1 aromatic heterocycles. The summed E-state index contributed by atoms with van der Waals surface area (Å²) in [7, 11) is 0. The maximum Gasteiger partial charge on any atom is 0.133 e. The van der Waals surface area contributed by atoms with Crippen molar-refractivity contribution in [1.82, 2.24) is 9.55 Å². The van der Waals surface area contributed by atoms with Crippen molar-refractivity contribution in [3.63, 3.8) is 0 Å². The number of hydrogen-bond acceptors (Lipinski definition) is 3. The molecule has 0 amide bonds. The second kappa shape index (κ2) is 4.42. The van der Waals surface area contributed by atoms with Gasteiger partial charge in [0.2, 0.25) is 0 Å². The molecule has 1 aromatic carbocycles. The first kappa shape index (κ1) is 13.5. The second-order valence-electron chi connectivity index (χ2n) is 7.24. The number of rotatable bonds is 2. The minimum atomic E-state index is 0.0125. The van der Waals surface area contributed by atoms with E-state index < -0.39 is 0 Å². The third-order valence-corrected chi connectivity index (χ3v) is 5.87. The molecule has 4 heteroatoms. The van der Waals surface area contributed by atoms with E-state index in [0.29, 0.717) is 23.2 Å². The van der Waals surface area contributed by atoms with Crippen LogP contribution in [0.1, 0.15) is 44.6 Å². The molecule has 0 saturated heterocycles. The van der Waals surface area contributed by atoms with Crippen LogP contribution in [0.15, 0.2) is 24.5 Å². The topological polar surface area (TPSA) is 58.7 Å². The average molecular weight is 293 g/mol. The molecular weight excluding hydrogens is 274 g/mol. The van der Waals surface area contributed by atoms with Crippen LogP contribution in [-0.2, 0) is 11.3 Å². The van der Waals surface area contributed by atoms with Crippen LogP contribution in [0.2, 0.25) is 0 Å². The predicted octanol–water partition coefficient (Wildman–Crippen LogP) is 3.45. The third kappa shape index (κ3) is 1.89. The zero-order valence-electron chi connectivity index (χ0n) is 12.8. The van der Waals surface area contributed by atoms with Crippen molar-refractivity contribution in [2.45, 2.75) is 45.6 Å². The summed E-state index contributed by atoms with van der Waals surface area (Å²) in [5, 5.41) is 9.10. The fourth-order valence-electron chi connectivity index (χ4n) is 4.25. The molecule has 1 spiro atoms. The summed E-state index contributed by atoms with van der Waals surface area (Å²) in [6, 6.07) is 7.78. The van der Waals surface area contributed by atoms with Crippen molar-refractivity contribution in [3.05, 3.63) is 30.1 Å². The Kier molecular flexibility index (Phi) is 2.72. The van der Waals surface area contributed by atoms with Crippen LogP contribution in [0, 0.1) is 22.2 Å². The number of nitrogens with zero attached hydrogens (tertiary/aromatic N) is 3. The van der Waals surface area contributed by atoms with Crippen molar-refractivity contribution >= 4 is 16.8 Å². The Hall–Kier alpha value is -2.15. The Morgan fingerprint density at radius 3 is 2.91 bits per heavy atom. The van der Waals surface area contributed by atoms with E-state index in [1.165, 1.54) is 12.8 Å². The maximum absolute atomic E-state index is 12.0. The molecular formula is C18H19N3O. The summed E-state index contributed by atoms with van der Waals surface area (Å²) >= 11 is 0. The van der Waals surface area contributed by atoms with Crippen LogP contribution < -0.4 is 0 Å². The number of Topliss-reactive ketones (excluding diaryl/α,β-unsaturated/α-hetero) is 1. The lowest BCUT2D eigenvalue weighted by molar-refractivity contribution is -0.126. The number of nitriles is 1. The smallest absolute Gasteiger partial charge is 0.133 e. The van der Waals surface area contributed by atoms with Gasteiger partial charge in [-0.2, -0.15) is 5.26 Å². The molecule has 4 nitrogen and oxygen atoms in total. The lowest BCUT2D eigenvalue weighted by Crippen LogP contribution is -2.39. The van der Waals surface area contributed by atoms with Crippen LogP contribution in [0.5, 0.6) is 0 Å². The van der Waals surface area contributed by atoms with Crippen LogP contribution in [-0.4, -0.2) is 15.3 Å². The molecule has 0 aliphatic heterocycles. The normalized spacial score (nSPS) is 26.3. The number of imidazole rings is 1. The van der Waals surface area contributed by atoms with Gasteiger partial charge in [-0.3, -0.25) is 4.79 Å². The summed E-state index contributed by atoms with van der Waals surface area (Å²) < 4.78 is 2.13. The highest BCUT2D eigenvalue weighted by atomic mass is 16.1. The van der Waals surface area contributed by atoms with Gasteiger partial charge in [0.1, 0.15) is 5.78 Å². The Bertz CT molecular complexity index is 809. The van der Waals surface area contributed by atoms with Gasteiger partial charge in [0.15, 0.2) is 0 Å². The molecule has 0 N–H and O–H groups in total. The standard InChI is InChI=1S/C18H19N3O/c1-17(9-14(22)4-5-18(17)6-7-18)11-21-12-20-15-3-2-13(10-19)8-16(15)21/h2-3,8,12H,4-7,9,11H2,1H3. The van der Waals surface area contributed by atoms with Gasteiger partial charge in [-0.25, -0.2) is 4.98 Å². The zero-order valence-corrected chi connectivity index (χ0v) is 12.8. The molecule has 1 heterocycles. The molecule has 2 aromatic rings. The zero-order chi connectivity index (χ0) is 15.4. The molecule has 0 bridgehead atoms. The molecule has 112 valence electrons. The van der Waals surface area contributed by atoms with Gasteiger partial charge in [0.25, 0.3) is 0 Å². The number of benzene rings is 1. The summed E-state index contributed by atoms with van der Waals surface area (Å²) in [6.07, 6.45) is 6.80. The number of carbonyl (C=O) groups is 1.